The van der Waals surface area contributed by atoms with E-state index in [1.807, 2.05) is 25.1 Å². The molecule has 7 nitrogen and oxygen atoms in total. The van der Waals surface area contributed by atoms with Crippen LogP contribution in [0.4, 0.5) is 0 Å². The van der Waals surface area contributed by atoms with Gasteiger partial charge >= 0.3 is 0 Å². The molecule has 2 aromatic carbocycles. The fraction of sp³-hybridized carbons (Fsp3) is 0.429. The van der Waals surface area contributed by atoms with Crippen LogP contribution in [0.2, 0.25) is 0 Å². The smallest absolute Gasteiger partial charge is 0.243 e. The Kier molecular flexibility index (Phi) is 7.00. The molecule has 0 N–H and O–H groups in total. The summed E-state index contributed by atoms with van der Waals surface area (Å²) in [4.78, 5) is 2.54. The highest BCUT2D eigenvalue weighted by molar-refractivity contribution is 7.89. The highest BCUT2D eigenvalue weighted by Gasteiger charge is 2.28. The molecule has 1 fully saturated rings. The molecule has 0 radical (unpaired) electrons. The molecule has 1 aliphatic rings. The number of methoxy groups -OCH3 is 2. The number of hydrogen-bond acceptors (Lipinski definition) is 6. The number of rotatable bonds is 8. The molecule has 158 valence electrons. The summed E-state index contributed by atoms with van der Waals surface area (Å²) in [6.45, 7) is 5.51. The maximum atomic E-state index is 12.9. The van der Waals surface area contributed by atoms with Crippen LogP contribution in [-0.4, -0.2) is 64.6 Å². The van der Waals surface area contributed by atoms with Gasteiger partial charge in [-0.05, 0) is 48.9 Å². The third-order valence-electron chi connectivity index (χ3n) is 4.96. The van der Waals surface area contributed by atoms with Crippen molar-refractivity contribution in [3.05, 3.63) is 48.0 Å². The molecule has 3 rings (SSSR count). The molecule has 8 heteroatoms. The lowest BCUT2D eigenvalue weighted by atomic mass is 10.1. The SMILES string of the molecule is CCOc1cc(CN2CCN(S(=O)(=O)c3ccc(OC)cc3)CC2)ccc1OC. The van der Waals surface area contributed by atoms with E-state index < -0.39 is 10.0 Å². The van der Waals surface area contributed by atoms with Gasteiger partial charge in [0.2, 0.25) is 10.0 Å². The topological polar surface area (TPSA) is 68.3 Å². The Morgan fingerprint density at radius 1 is 0.897 bits per heavy atom. The van der Waals surface area contributed by atoms with Gasteiger partial charge in [0, 0.05) is 32.7 Å². The number of hydrogen-bond donors (Lipinski definition) is 0. The molecule has 1 saturated heterocycles. The maximum Gasteiger partial charge on any atom is 0.243 e. The fourth-order valence-electron chi connectivity index (χ4n) is 3.37. The second kappa shape index (κ2) is 9.47. The van der Waals surface area contributed by atoms with E-state index in [-0.39, 0.29) is 0 Å². The van der Waals surface area contributed by atoms with Gasteiger partial charge in [-0.25, -0.2) is 8.42 Å². The van der Waals surface area contributed by atoms with E-state index in [0.29, 0.717) is 49.2 Å². The Hall–Kier alpha value is -2.29. The molecule has 0 spiro atoms. The number of nitrogens with zero attached hydrogens (tertiary/aromatic N) is 2. The molecule has 0 aliphatic carbocycles. The molecule has 1 heterocycles. The van der Waals surface area contributed by atoms with Crippen molar-refractivity contribution in [2.45, 2.75) is 18.4 Å². The van der Waals surface area contributed by atoms with Crippen LogP contribution in [0, 0.1) is 0 Å². The largest absolute Gasteiger partial charge is 0.497 e. The van der Waals surface area contributed by atoms with Crippen LogP contribution in [0.5, 0.6) is 17.2 Å². The third kappa shape index (κ3) is 5.01. The summed E-state index contributed by atoms with van der Waals surface area (Å²) in [6.07, 6.45) is 0. The van der Waals surface area contributed by atoms with Crippen LogP contribution in [-0.2, 0) is 16.6 Å². The highest BCUT2D eigenvalue weighted by Crippen LogP contribution is 2.29. The number of benzene rings is 2. The molecule has 29 heavy (non-hydrogen) atoms. The first-order valence-corrected chi connectivity index (χ1v) is 11.1. The van der Waals surface area contributed by atoms with Gasteiger partial charge in [0.05, 0.1) is 25.7 Å². The minimum absolute atomic E-state index is 0.295. The first-order valence-electron chi connectivity index (χ1n) is 9.64. The van der Waals surface area contributed by atoms with Crippen molar-refractivity contribution in [3.8, 4) is 17.2 Å². The van der Waals surface area contributed by atoms with Crippen molar-refractivity contribution >= 4 is 10.0 Å². The zero-order chi connectivity index (χ0) is 20.9. The van der Waals surface area contributed by atoms with Crippen molar-refractivity contribution in [1.82, 2.24) is 9.21 Å². The molecule has 1 aliphatic heterocycles. The molecular formula is C21H28N2O5S. The minimum Gasteiger partial charge on any atom is -0.497 e. The van der Waals surface area contributed by atoms with Gasteiger partial charge < -0.3 is 14.2 Å². The van der Waals surface area contributed by atoms with E-state index in [1.165, 1.54) is 0 Å². The van der Waals surface area contributed by atoms with Crippen molar-refractivity contribution in [1.29, 1.82) is 0 Å². The molecule has 0 amide bonds. The molecule has 0 aromatic heterocycles. The van der Waals surface area contributed by atoms with Crippen LogP contribution in [0.25, 0.3) is 0 Å². The summed E-state index contributed by atoms with van der Waals surface area (Å²) in [7, 11) is -0.308. The van der Waals surface area contributed by atoms with E-state index >= 15 is 0 Å². The van der Waals surface area contributed by atoms with Gasteiger partial charge in [0.1, 0.15) is 5.75 Å². The summed E-state index contributed by atoms with van der Waals surface area (Å²) >= 11 is 0. The van der Waals surface area contributed by atoms with E-state index in [9.17, 15) is 8.42 Å². The number of ether oxygens (including phenoxy) is 3. The van der Waals surface area contributed by atoms with Crippen molar-refractivity contribution < 1.29 is 22.6 Å². The zero-order valence-corrected chi connectivity index (χ0v) is 17.9. The maximum absolute atomic E-state index is 12.9. The molecule has 0 unspecified atom stereocenters. The monoisotopic (exact) mass is 420 g/mol. The second-order valence-electron chi connectivity index (χ2n) is 6.77. The first kappa shape index (κ1) is 21.4. The second-order valence-corrected chi connectivity index (χ2v) is 8.71. The molecular weight excluding hydrogens is 392 g/mol. The van der Waals surface area contributed by atoms with Gasteiger partial charge in [-0.15, -0.1) is 0 Å². The summed E-state index contributed by atoms with van der Waals surface area (Å²) < 4.78 is 43.4. The van der Waals surface area contributed by atoms with E-state index in [2.05, 4.69) is 4.90 Å². The van der Waals surface area contributed by atoms with E-state index in [0.717, 1.165) is 17.9 Å². The lowest BCUT2D eigenvalue weighted by Crippen LogP contribution is -2.48. The Bertz CT molecular complexity index is 907. The summed E-state index contributed by atoms with van der Waals surface area (Å²) in [5.41, 5.74) is 1.11. The predicted molar refractivity (Wildman–Crippen MR) is 111 cm³/mol. The minimum atomic E-state index is -3.49. The van der Waals surface area contributed by atoms with Gasteiger partial charge in [0.15, 0.2) is 11.5 Å². The molecule has 0 saturated carbocycles. The Labute approximate surface area is 172 Å². The van der Waals surface area contributed by atoms with Gasteiger partial charge in [-0.1, -0.05) is 6.07 Å². The van der Waals surface area contributed by atoms with Gasteiger partial charge in [0.25, 0.3) is 0 Å². The predicted octanol–water partition coefficient (Wildman–Crippen LogP) is 2.61. The quantitative estimate of drug-likeness (QED) is 0.654. The normalized spacial score (nSPS) is 15.8. The first-order chi connectivity index (χ1) is 14.0. The summed E-state index contributed by atoms with van der Waals surface area (Å²) in [5.74, 6) is 2.08. The fourth-order valence-corrected chi connectivity index (χ4v) is 4.79. The lowest BCUT2D eigenvalue weighted by Gasteiger charge is -2.34. The van der Waals surface area contributed by atoms with Crippen LogP contribution >= 0.6 is 0 Å². The Morgan fingerprint density at radius 2 is 1.59 bits per heavy atom. The zero-order valence-electron chi connectivity index (χ0n) is 17.1. The average Bonchev–Trinajstić information content (AvgIpc) is 2.75. The van der Waals surface area contributed by atoms with Gasteiger partial charge in [-0.2, -0.15) is 4.31 Å². The molecule has 0 bridgehead atoms. The highest BCUT2D eigenvalue weighted by atomic mass is 32.2. The molecule has 0 atom stereocenters. The standard InChI is InChI=1S/C21H28N2O5S/c1-4-28-21-15-17(5-10-20(21)27-3)16-22-11-13-23(14-12-22)29(24,25)19-8-6-18(26-2)7-9-19/h5-10,15H,4,11-14,16H2,1-3H3. The number of piperazine rings is 1. The van der Waals surface area contributed by atoms with Crippen molar-refractivity contribution in [2.75, 3.05) is 47.0 Å². The lowest BCUT2D eigenvalue weighted by molar-refractivity contribution is 0.181. The van der Waals surface area contributed by atoms with Crippen molar-refractivity contribution in [3.63, 3.8) is 0 Å². The molecule has 2 aromatic rings. The van der Waals surface area contributed by atoms with Crippen LogP contribution in [0.15, 0.2) is 47.4 Å². The van der Waals surface area contributed by atoms with Crippen molar-refractivity contribution in [2.24, 2.45) is 0 Å². The summed E-state index contributed by atoms with van der Waals surface area (Å²) in [6, 6.07) is 12.4. The van der Waals surface area contributed by atoms with E-state index in [1.54, 1.807) is 42.8 Å². The Balaban J connectivity index is 1.62. The van der Waals surface area contributed by atoms with Crippen LogP contribution in [0.3, 0.4) is 0 Å². The van der Waals surface area contributed by atoms with E-state index in [4.69, 9.17) is 14.2 Å². The average molecular weight is 421 g/mol. The van der Waals surface area contributed by atoms with Crippen LogP contribution in [0.1, 0.15) is 12.5 Å². The third-order valence-corrected chi connectivity index (χ3v) is 6.88. The Morgan fingerprint density at radius 3 is 2.17 bits per heavy atom. The van der Waals surface area contributed by atoms with Crippen LogP contribution < -0.4 is 14.2 Å². The summed E-state index contributed by atoms with van der Waals surface area (Å²) in [5, 5.41) is 0. The van der Waals surface area contributed by atoms with Gasteiger partial charge in [-0.3, -0.25) is 4.90 Å². The number of sulfonamides is 1.